The number of hydrogen-bond donors (Lipinski definition) is 1. The maximum atomic E-state index is 13.2. The fourth-order valence-corrected chi connectivity index (χ4v) is 2.30. The van der Waals surface area contributed by atoms with Gasteiger partial charge >= 0.3 is 0 Å². The molecule has 1 aromatic rings. The van der Waals surface area contributed by atoms with Crippen molar-refractivity contribution in [2.45, 2.75) is 32.2 Å². The minimum atomic E-state index is -0.538. The summed E-state index contributed by atoms with van der Waals surface area (Å²) in [6.07, 6.45) is 4.60. The minimum Gasteiger partial charge on any atom is -0.497 e. The quantitative estimate of drug-likeness (QED) is 0.884. The average molecular weight is 267 g/mol. The van der Waals surface area contributed by atoms with E-state index in [4.69, 9.17) is 4.74 Å². The van der Waals surface area contributed by atoms with E-state index in [-0.39, 0.29) is 6.04 Å². The van der Waals surface area contributed by atoms with Crippen LogP contribution in [-0.4, -0.2) is 19.2 Å². The molecule has 1 unspecified atom stereocenters. The number of ether oxygens (including phenoxy) is 1. The highest BCUT2D eigenvalue weighted by atomic mass is 19.1. The van der Waals surface area contributed by atoms with Crippen LogP contribution >= 0.6 is 0 Å². The second kappa shape index (κ2) is 6.66. The SMILES string of the molecule is CCNC(Cc1cc(F)cc(F)c1)C1=CCCCO1. The molecule has 0 aromatic heterocycles. The van der Waals surface area contributed by atoms with Crippen LogP contribution in [-0.2, 0) is 11.2 Å². The maximum absolute atomic E-state index is 13.2. The van der Waals surface area contributed by atoms with Crippen molar-refractivity contribution in [2.24, 2.45) is 0 Å². The van der Waals surface area contributed by atoms with Crippen LogP contribution in [0, 0.1) is 11.6 Å². The average Bonchev–Trinajstić information content (AvgIpc) is 2.38. The van der Waals surface area contributed by atoms with Gasteiger partial charge in [0.1, 0.15) is 17.4 Å². The topological polar surface area (TPSA) is 21.3 Å². The Morgan fingerprint density at radius 2 is 2.00 bits per heavy atom. The van der Waals surface area contributed by atoms with Gasteiger partial charge in [-0.05, 0) is 49.6 Å². The molecule has 0 amide bonds. The fraction of sp³-hybridized carbons (Fsp3) is 0.467. The van der Waals surface area contributed by atoms with Crippen LogP contribution in [0.4, 0.5) is 8.78 Å². The standard InChI is InChI=1S/C15H19F2NO/c1-2-18-14(15-5-3-4-6-19-15)9-11-7-12(16)10-13(17)8-11/h5,7-8,10,14,18H,2-4,6,9H2,1H3. The van der Waals surface area contributed by atoms with E-state index in [0.29, 0.717) is 18.6 Å². The van der Waals surface area contributed by atoms with Crippen LogP contribution in [0.3, 0.4) is 0 Å². The molecule has 104 valence electrons. The third-order valence-electron chi connectivity index (χ3n) is 3.12. The maximum Gasteiger partial charge on any atom is 0.126 e. The first kappa shape index (κ1) is 14.0. The molecule has 4 heteroatoms. The molecule has 1 atom stereocenters. The van der Waals surface area contributed by atoms with Gasteiger partial charge in [0.05, 0.1) is 12.6 Å². The van der Waals surface area contributed by atoms with E-state index in [9.17, 15) is 8.78 Å². The van der Waals surface area contributed by atoms with Crippen molar-refractivity contribution < 1.29 is 13.5 Å². The summed E-state index contributed by atoms with van der Waals surface area (Å²) in [4.78, 5) is 0. The summed E-state index contributed by atoms with van der Waals surface area (Å²) >= 11 is 0. The first-order chi connectivity index (χ1) is 9.19. The van der Waals surface area contributed by atoms with Gasteiger partial charge in [-0.1, -0.05) is 6.92 Å². The van der Waals surface area contributed by atoms with Gasteiger partial charge in [0, 0.05) is 6.07 Å². The molecule has 0 fully saturated rings. The molecular weight excluding hydrogens is 248 g/mol. The summed E-state index contributed by atoms with van der Waals surface area (Å²) in [5.41, 5.74) is 0.638. The van der Waals surface area contributed by atoms with Gasteiger partial charge in [-0.25, -0.2) is 8.78 Å². The number of rotatable bonds is 5. The molecule has 1 N–H and O–H groups in total. The summed E-state index contributed by atoms with van der Waals surface area (Å²) in [5.74, 6) is -0.189. The van der Waals surface area contributed by atoms with Crippen molar-refractivity contribution in [3.63, 3.8) is 0 Å². The largest absolute Gasteiger partial charge is 0.497 e. The highest BCUT2D eigenvalue weighted by molar-refractivity contribution is 5.21. The van der Waals surface area contributed by atoms with Crippen LogP contribution in [0.1, 0.15) is 25.3 Å². The highest BCUT2D eigenvalue weighted by Crippen LogP contribution is 2.18. The lowest BCUT2D eigenvalue weighted by Crippen LogP contribution is -2.34. The summed E-state index contributed by atoms with van der Waals surface area (Å²) in [7, 11) is 0. The molecule has 1 aromatic carbocycles. The number of hydrogen-bond acceptors (Lipinski definition) is 2. The van der Waals surface area contributed by atoms with Crippen LogP contribution in [0.5, 0.6) is 0 Å². The third-order valence-corrected chi connectivity index (χ3v) is 3.12. The number of halogens is 2. The monoisotopic (exact) mass is 267 g/mol. The first-order valence-corrected chi connectivity index (χ1v) is 6.70. The first-order valence-electron chi connectivity index (χ1n) is 6.70. The molecule has 1 aliphatic rings. The Balaban J connectivity index is 2.13. The van der Waals surface area contributed by atoms with Gasteiger partial charge < -0.3 is 10.1 Å². The van der Waals surface area contributed by atoms with E-state index in [1.807, 2.05) is 6.92 Å². The van der Waals surface area contributed by atoms with Gasteiger partial charge in [-0.3, -0.25) is 0 Å². The van der Waals surface area contributed by atoms with Crippen molar-refractivity contribution in [3.05, 3.63) is 47.2 Å². The predicted octanol–water partition coefficient (Wildman–Crippen LogP) is 3.18. The molecule has 0 radical (unpaired) electrons. The lowest BCUT2D eigenvalue weighted by Gasteiger charge is -2.24. The molecule has 1 aliphatic heterocycles. The summed E-state index contributed by atoms with van der Waals surface area (Å²) in [6.45, 7) is 3.50. The third kappa shape index (κ3) is 4.03. The van der Waals surface area contributed by atoms with Gasteiger partial charge in [0.2, 0.25) is 0 Å². The molecular formula is C15H19F2NO. The van der Waals surface area contributed by atoms with E-state index in [1.165, 1.54) is 12.1 Å². The van der Waals surface area contributed by atoms with Crippen molar-refractivity contribution in [3.8, 4) is 0 Å². The van der Waals surface area contributed by atoms with Crippen molar-refractivity contribution in [1.29, 1.82) is 0 Å². The second-order valence-electron chi connectivity index (χ2n) is 4.69. The lowest BCUT2D eigenvalue weighted by molar-refractivity contribution is 0.167. The Kier molecular flexibility index (Phi) is 4.91. The van der Waals surface area contributed by atoms with Gasteiger partial charge in [0.25, 0.3) is 0 Å². The molecule has 1 heterocycles. The number of likely N-dealkylation sites (N-methyl/N-ethyl adjacent to an activating group) is 1. The van der Waals surface area contributed by atoms with E-state index < -0.39 is 11.6 Å². The Morgan fingerprint density at radius 3 is 2.58 bits per heavy atom. The fourth-order valence-electron chi connectivity index (χ4n) is 2.30. The van der Waals surface area contributed by atoms with E-state index in [1.54, 1.807) is 0 Å². The zero-order chi connectivity index (χ0) is 13.7. The van der Waals surface area contributed by atoms with Crippen molar-refractivity contribution >= 4 is 0 Å². The molecule has 0 saturated heterocycles. The molecule has 0 spiro atoms. The van der Waals surface area contributed by atoms with Gasteiger partial charge in [0.15, 0.2) is 0 Å². The summed E-state index contributed by atoms with van der Waals surface area (Å²) in [6, 6.07) is 3.61. The zero-order valence-electron chi connectivity index (χ0n) is 11.1. The van der Waals surface area contributed by atoms with Gasteiger partial charge in [-0.2, -0.15) is 0 Å². The predicted molar refractivity (Wildman–Crippen MR) is 70.8 cm³/mol. The molecule has 0 saturated carbocycles. The number of allylic oxidation sites excluding steroid dienone is 1. The number of nitrogens with one attached hydrogen (secondary N) is 1. The Labute approximate surface area is 112 Å². The summed E-state index contributed by atoms with van der Waals surface area (Å²) < 4.78 is 32.0. The van der Waals surface area contributed by atoms with Crippen molar-refractivity contribution in [2.75, 3.05) is 13.2 Å². The van der Waals surface area contributed by atoms with E-state index in [0.717, 1.165) is 31.2 Å². The zero-order valence-corrected chi connectivity index (χ0v) is 11.1. The Bertz CT molecular complexity index is 439. The van der Waals surface area contributed by atoms with Gasteiger partial charge in [-0.15, -0.1) is 0 Å². The highest BCUT2D eigenvalue weighted by Gasteiger charge is 2.18. The normalized spacial score (nSPS) is 16.7. The Morgan fingerprint density at radius 1 is 1.26 bits per heavy atom. The molecule has 19 heavy (non-hydrogen) atoms. The molecule has 0 aliphatic carbocycles. The molecule has 0 bridgehead atoms. The lowest BCUT2D eigenvalue weighted by atomic mass is 10.0. The van der Waals surface area contributed by atoms with Crippen LogP contribution in [0.15, 0.2) is 30.0 Å². The minimum absolute atomic E-state index is 0.0218. The van der Waals surface area contributed by atoms with Crippen LogP contribution in [0.2, 0.25) is 0 Å². The Hall–Kier alpha value is -1.42. The van der Waals surface area contributed by atoms with E-state index >= 15 is 0 Å². The van der Waals surface area contributed by atoms with Crippen molar-refractivity contribution in [1.82, 2.24) is 5.32 Å². The molecule has 2 rings (SSSR count). The van der Waals surface area contributed by atoms with E-state index in [2.05, 4.69) is 11.4 Å². The number of benzene rings is 1. The van der Waals surface area contributed by atoms with Crippen LogP contribution in [0.25, 0.3) is 0 Å². The summed E-state index contributed by atoms with van der Waals surface area (Å²) in [5, 5.41) is 3.30. The smallest absolute Gasteiger partial charge is 0.126 e. The molecule has 2 nitrogen and oxygen atoms in total. The van der Waals surface area contributed by atoms with Crippen LogP contribution < -0.4 is 5.32 Å². The second-order valence-corrected chi connectivity index (χ2v) is 4.69.